The zero-order chi connectivity index (χ0) is 20.6. The number of nitrogens with zero attached hydrogens (tertiary/aromatic N) is 2. The van der Waals surface area contributed by atoms with Gasteiger partial charge in [0, 0.05) is 23.3 Å². The van der Waals surface area contributed by atoms with Crippen molar-refractivity contribution in [2.75, 3.05) is 4.72 Å². The Morgan fingerprint density at radius 2 is 1.79 bits per heavy atom. The number of hydrogen-bond acceptors (Lipinski definition) is 5. The number of fused-ring (bicyclic) bond motifs is 1. The number of alkyl halides is 3. The molecule has 0 aliphatic heterocycles. The van der Waals surface area contributed by atoms with Crippen LogP contribution in [-0.4, -0.2) is 24.2 Å². The second-order valence-corrected chi connectivity index (χ2v) is 8.44. The fourth-order valence-corrected chi connectivity index (χ4v) is 4.46. The molecule has 4 rings (SSSR count). The van der Waals surface area contributed by atoms with Gasteiger partial charge in [-0.2, -0.15) is 0 Å². The Morgan fingerprint density at radius 3 is 2.48 bits per heavy atom. The van der Waals surface area contributed by atoms with E-state index in [-0.39, 0.29) is 4.90 Å². The highest BCUT2D eigenvalue weighted by atomic mass is 32.2. The lowest BCUT2D eigenvalue weighted by Gasteiger charge is -2.12. The Hall–Kier alpha value is -3.05. The molecule has 0 fully saturated rings. The maximum Gasteiger partial charge on any atom is 0.573 e. The maximum atomic E-state index is 12.7. The Labute approximate surface area is 167 Å². The van der Waals surface area contributed by atoms with Crippen molar-refractivity contribution in [2.24, 2.45) is 0 Å². The molecule has 0 atom stereocenters. The number of nitrogens with one attached hydrogen (secondary N) is 1. The van der Waals surface area contributed by atoms with E-state index in [1.165, 1.54) is 11.3 Å². The van der Waals surface area contributed by atoms with Crippen LogP contribution in [-0.2, 0) is 10.0 Å². The highest BCUT2D eigenvalue weighted by Gasteiger charge is 2.31. The van der Waals surface area contributed by atoms with Gasteiger partial charge in [-0.3, -0.25) is 9.12 Å². The van der Waals surface area contributed by atoms with E-state index in [2.05, 4.69) is 14.4 Å². The van der Waals surface area contributed by atoms with Gasteiger partial charge in [0.1, 0.15) is 5.75 Å². The van der Waals surface area contributed by atoms with Crippen molar-refractivity contribution in [3.05, 3.63) is 66.3 Å². The molecule has 6 nitrogen and oxygen atoms in total. The Bertz CT molecular complexity index is 1230. The molecule has 0 radical (unpaired) electrons. The smallest absolute Gasteiger partial charge is 0.406 e. The van der Waals surface area contributed by atoms with Crippen molar-refractivity contribution < 1.29 is 26.3 Å². The number of rotatable bonds is 5. The van der Waals surface area contributed by atoms with Gasteiger partial charge in [-0.05, 0) is 30.3 Å². The van der Waals surface area contributed by atoms with Crippen molar-refractivity contribution in [3.63, 3.8) is 0 Å². The van der Waals surface area contributed by atoms with Crippen molar-refractivity contribution in [3.8, 4) is 17.0 Å². The summed E-state index contributed by atoms with van der Waals surface area (Å²) in [6.45, 7) is 0. The van der Waals surface area contributed by atoms with Crippen LogP contribution < -0.4 is 9.46 Å². The largest absolute Gasteiger partial charge is 0.573 e. The van der Waals surface area contributed by atoms with E-state index < -0.39 is 22.1 Å². The van der Waals surface area contributed by atoms with Gasteiger partial charge < -0.3 is 4.74 Å². The van der Waals surface area contributed by atoms with Crippen LogP contribution in [0.5, 0.6) is 5.75 Å². The lowest BCUT2D eigenvalue weighted by molar-refractivity contribution is -0.274. The number of para-hydroxylation sites is 1. The maximum absolute atomic E-state index is 12.7. The quantitative estimate of drug-likeness (QED) is 0.487. The molecule has 1 N–H and O–H groups in total. The fraction of sp³-hybridized carbons (Fsp3) is 0.0556. The SMILES string of the molecule is O=S(=O)(Nc1ccccc1-c1cn2ccsc2n1)c1ccc(OC(F)(F)F)cc1. The molecule has 0 amide bonds. The Balaban J connectivity index is 1.63. The third-order valence-electron chi connectivity index (χ3n) is 3.91. The third kappa shape index (κ3) is 4.20. The average Bonchev–Trinajstić information content (AvgIpc) is 3.23. The zero-order valence-electron chi connectivity index (χ0n) is 14.4. The summed E-state index contributed by atoms with van der Waals surface area (Å²) in [7, 11) is -4.04. The predicted octanol–water partition coefficient (Wildman–Crippen LogP) is 4.76. The minimum absolute atomic E-state index is 0.201. The first-order valence-corrected chi connectivity index (χ1v) is 10.5. The molecule has 2 aromatic carbocycles. The second-order valence-electron chi connectivity index (χ2n) is 5.89. The van der Waals surface area contributed by atoms with Gasteiger partial charge >= 0.3 is 6.36 Å². The minimum atomic E-state index is -4.85. The van der Waals surface area contributed by atoms with Gasteiger partial charge in [0.15, 0.2) is 4.96 Å². The van der Waals surface area contributed by atoms with Crippen LogP contribution in [0.3, 0.4) is 0 Å². The zero-order valence-corrected chi connectivity index (χ0v) is 16.1. The van der Waals surface area contributed by atoms with E-state index in [9.17, 15) is 21.6 Å². The summed E-state index contributed by atoms with van der Waals surface area (Å²) >= 11 is 1.45. The van der Waals surface area contributed by atoms with Crippen molar-refractivity contribution in [2.45, 2.75) is 11.3 Å². The third-order valence-corrected chi connectivity index (χ3v) is 6.06. The van der Waals surface area contributed by atoms with Crippen LogP contribution >= 0.6 is 11.3 Å². The number of aromatic nitrogens is 2. The Morgan fingerprint density at radius 1 is 1.07 bits per heavy atom. The van der Waals surface area contributed by atoms with Crippen molar-refractivity contribution >= 4 is 32.0 Å². The molecule has 0 unspecified atom stereocenters. The molecule has 2 aromatic heterocycles. The van der Waals surface area contributed by atoms with E-state index in [4.69, 9.17) is 0 Å². The standard InChI is InChI=1S/C18H12F3N3O3S2/c19-18(20,21)27-12-5-7-13(8-6-12)29(25,26)23-15-4-2-1-3-14(15)16-11-24-9-10-28-17(24)22-16/h1-11,23H. The van der Waals surface area contributed by atoms with Gasteiger partial charge in [-0.25, -0.2) is 13.4 Å². The van der Waals surface area contributed by atoms with E-state index in [1.54, 1.807) is 30.5 Å². The van der Waals surface area contributed by atoms with E-state index in [1.807, 2.05) is 16.0 Å². The molecule has 0 aliphatic rings. The molecule has 2 heterocycles. The molecule has 29 heavy (non-hydrogen) atoms. The van der Waals surface area contributed by atoms with E-state index >= 15 is 0 Å². The molecule has 4 aromatic rings. The number of halogens is 3. The summed E-state index contributed by atoms with van der Waals surface area (Å²) in [6.07, 6.45) is -1.23. The lowest BCUT2D eigenvalue weighted by Crippen LogP contribution is -2.17. The van der Waals surface area contributed by atoms with Crippen LogP contribution in [0.1, 0.15) is 0 Å². The highest BCUT2D eigenvalue weighted by molar-refractivity contribution is 7.92. The van der Waals surface area contributed by atoms with Gasteiger partial charge in [0.25, 0.3) is 10.0 Å². The average molecular weight is 439 g/mol. The molecule has 0 saturated heterocycles. The minimum Gasteiger partial charge on any atom is -0.406 e. The molecule has 0 spiro atoms. The predicted molar refractivity (Wildman–Crippen MR) is 102 cm³/mol. The summed E-state index contributed by atoms with van der Waals surface area (Å²) in [4.78, 5) is 5.04. The summed E-state index contributed by atoms with van der Waals surface area (Å²) in [5, 5.41) is 1.88. The summed E-state index contributed by atoms with van der Waals surface area (Å²) in [5.41, 5.74) is 1.46. The number of thiazole rings is 1. The van der Waals surface area contributed by atoms with Crippen LogP contribution in [0.25, 0.3) is 16.2 Å². The first-order valence-electron chi connectivity index (χ1n) is 8.11. The molecular formula is C18H12F3N3O3S2. The summed E-state index contributed by atoms with van der Waals surface area (Å²) < 4.78 is 70.3. The molecule has 0 bridgehead atoms. The van der Waals surface area contributed by atoms with Crippen LogP contribution in [0.2, 0.25) is 0 Å². The fourth-order valence-electron chi connectivity index (χ4n) is 2.68. The van der Waals surface area contributed by atoms with Crippen LogP contribution in [0, 0.1) is 0 Å². The molecular weight excluding hydrogens is 427 g/mol. The number of imidazole rings is 1. The molecule has 0 aliphatic carbocycles. The topological polar surface area (TPSA) is 72.7 Å². The van der Waals surface area contributed by atoms with Gasteiger partial charge in [-0.1, -0.05) is 18.2 Å². The van der Waals surface area contributed by atoms with Crippen LogP contribution in [0.15, 0.2) is 71.2 Å². The Kier molecular flexibility index (Phi) is 4.71. The molecule has 0 saturated carbocycles. The summed E-state index contributed by atoms with van der Waals surface area (Å²) in [6, 6.07) is 10.7. The van der Waals surface area contributed by atoms with Crippen molar-refractivity contribution in [1.82, 2.24) is 9.38 Å². The number of hydrogen-bond donors (Lipinski definition) is 1. The first kappa shape index (κ1) is 19.3. The van der Waals surface area contributed by atoms with Crippen molar-refractivity contribution in [1.29, 1.82) is 0 Å². The highest BCUT2D eigenvalue weighted by Crippen LogP contribution is 2.31. The number of benzene rings is 2. The monoisotopic (exact) mass is 439 g/mol. The first-order chi connectivity index (χ1) is 13.7. The van der Waals surface area contributed by atoms with Crippen LogP contribution in [0.4, 0.5) is 18.9 Å². The number of anilines is 1. The summed E-state index contributed by atoms with van der Waals surface area (Å²) in [5.74, 6) is -0.505. The number of sulfonamides is 1. The van der Waals surface area contributed by atoms with Gasteiger partial charge in [0.05, 0.1) is 16.3 Å². The lowest BCUT2D eigenvalue weighted by atomic mass is 10.1. The molecule has 150 valence electrons. The number of ether oxygens (including phenoxy) is 1. The van der Waals surface area contributed by atoms with E-state index in [0.29, 0.717) is 16.9 Å². The second kappa shape index (κ2) is 7.08. The van der Waals surface area contributed by atoms with Gasteiger partial charge in [0.2, 0.25) is 0 Å². The molecule has 11 heteroatoms. The van der Waals surface area contributed by atoms with Gasteiger partial charge in [-0.15, -0.1) is 24.5 Å². The van der Waals surface area contributed by atoms with E-state index in [0.717, 1.165) is 29.2 Å². The normalized spacial score (nSPS) is 12.2.